The number of hydrogen-bond donors (Lipinski definition) is 2. The lowest BCUT2D eigenvalue weighted by Crippen LogP contribution is -2.44. The minimum atomic E-state index is -1.54. The maximum Gasteiger partial charge on any atom is 0.356 e. The Balaban J connectivity index is 2.05. The molecule has 1 saturated heterocycles. The first-order valence-corrected chi connectivity index (χ1v) is 9.32. The van der Waals surface area contributed by atoms with Crippen molar-refractivity contribution in [1.29, 1.82) is 0 Å². The molecule has 0 bridgehead atoms. The highest BCUT2D eigenvalue weighted by molar-refractivity contribution is 5.96. The number of fused-ring (bicyclic) bond motifs is 1. The second kappa shape index (κ2) is 7.42. The first kappa shape index (κ1) is 19.8. The zero-order chi connectivity index (χ0) is 21.6. The van der Waals surface area contributed by atoms with Crippen molar-refractivity contribution in [3.63, 3.8) is 0 Å². The third kappa shape index (κ3) is 3.26. The van der Waals surface area contributed by atoms with Gasteiger partial charge in [0, 0.05) is 31.9 Å². The predicted molar refractivity (Wildman–Crippen MR) is 108 cm³/mol. The quantitative estimate of drug-likeness (QED) is 0.684. The molecule has 2 N–H and O–H groups in total. The zero-order valence-corrected chi connectivity index (χ0v) is 16.1. The molecule has 0 saturated carbocycles. The van der Waals surface area contributed by atoms with E-state index in [1.807, 2.05) is 11.9 Å². The number of anilines is 1. The lowest BCUT2D eigenvalue weighted by Gasteiger charge is -2.34. The van der Waals surface area contributed by atoms with Crippen molar-refractivity contribution in [2.45, 2.75) is 0 Å². The van der Waals surface area contributed by atoms with E-state index < -0.39 is 34.5 Å². The molecule has 2 aromatic carbocycles. The van der Waals surface area contributed by atoms with E-state index in [4.69, 9.17) is 0 Å². The van der Waals surface area contributed by atoms with Crippen LogP contribution in [-0.2, 0) is 0 Å². The number of aromatic carboxylic acids is 1. The SMILES string of the molecule is CN1CCN(c2cc3c(cc2F)c(=O)c(O)c(C(=O)O)n3-c2ccc(F)cc2)CC1. The molecule has 1 aromatic heterocycles. The minimum absolute atomic E-state index is 0.108. The van der Waals surface area contributed by atoms with Gasteiger partial charge in [0.15, 0.2) is 11.4 Å². The summed E-state index contributed by atoms with van der Waals surface area (Å²) in [5, 5.41) is 19.8. The van der Waals surface area contributed by atoms with Gasteiger partial charge in [-0.05, 0) is 43.4 Å². The highest BCUT2D eigenvalue weighted by Gasteiger charge is 2.26. The zero-order valence-electron chi connectivity index (χ0n) is 16.1. The summed E-state index contributed by atoms with van der Waals surface area (Å²) in [6.45, 7) is 2.56. The van der Waals surface area contributed by atoms with E-state index in [1.54, 1.807) is 0 Å². The lowest BCUT2D eigenvalue weighted by atomic mass is 10.1. The highest BCUT2D eigenvalue weighted by atomic mass is 19.1. The molecule has 1 aliphatic heterocycles. The molecular weight excluding hydrogens is 396 g/mol. The summed E-state index contributed by atoms with van der Waals surface area (Å²) < 4.78 is 29.5. The van der Waals surface area contributed by atoms with E-state index in [9.17, 15) is 28.6 Å². The van der Waals surface area contributed by atoms with E-state index in [-0.39, 0.29) is 22.3 Å². The maximum absolute atomic E-state index is 14.9. The van der Waals surface area contributed by atoms with Gasteiger partial charge in [-0.3, -0.25) is 4.79 Å². The number of carboxylic acid groups (broad SMARTS) is 1. The fourth-order valence-electron chi connectivity index (χ4n) is 3.72. The fourth-order valence-corrected chi connectivity index (χ4v) is 3.72. The number of carboxylic acids is 1. The van der Waals surface area contributed by atoms with Gasteiger partial charge >= 0.3 is 5.97 Å². The third-order valence-corrected chi connectivity index (χ3v) is 5.35. The molecule has 30 heavy (non-hydrogen) atoms. The summed E-state index contributed by atoms with van der Waals surface area (Å²) in [7, 11) is 1.96. The summed E-state index contributed by atoms with van der Waals surface area (Å²) in [5.74, 6) is -3.72. The largest absolute Gasteiger partial charge is 0.502 e. The average molecular weight is 415 g/mol. The first-order valence-electron chi connectivity index (χ1n) is 9.32. The average Bonchev–Trinajstić information content (AvgIpc) is 2.71. The van der Waals surface area contributed by atoms with Crippen molar-refractivity contribution in [1.82, 2.24) is 9.47 Å². The number of piperazine rings is 1. The normalized spacial score (nSPS) is 15.0. The number of aromatic hydroxyl groups is 1. The molecule has 0 radical (unpaired) electrons. The standard InChI is InChI=1S/C21H19F2N3O4/c1-24-6-8-25(9-7-24)17-11-16-14(10-15(17)23)19(27)20(28)18(21(29)30)26(16)13-4-2-12(22)3-5-13/h2-5,10-11,28H,6-9H2,1H3,(H,29,30). The molecule has 3 aromatic rings. The first-order chi connectivity index (χ1) is 14.3. The lowest BCUT2D eigenvalue weighted by molar-refractivity contribution is 0.0684. The van der Waals surface area contributed by atoms with E-state index in [2.05, 4.69) is 4.90 Å². The van der Waals surface area contributed by atoms with Crippen LogP contribution in [0.5, 0.6) is 5.75 Å². The fraction of sp³-hybridized carbons (Fsp3) is 0.238. The molecule has 0 aliphatic carbocycles. The Kier molecular flexibility index (Phi) is 4.90. The number of likely N-dealkylation sites (N-methyl/N-ethyl adjacent to an activating group) is 1. The van der Waals surface area contributed by atoms with E-state index in [0.717, 1.165) is 35.9 Å². The van der Waals surface area contributed by atoms with Crippen molar-refractivity contribution < 1.29 is 23.8 Å². The Bertz CT molecular complexity index is 1200. The highest BCUT2D eigenvalue weighted by Crippen LogP contribution is 2.31. The van der Waals surface area contributed by atoms with Crippen molar-refractivity contribution >= 4 is 22.6 Å². The minimum Gasteiger partial charge on any atom is -0.502 e. The summed E-state index contributed by atoms with van der Waals surface area (Å²) in [6.07, 6.45) is 0. The van der Waals surface area contributed by atoms with Gasteiger partial charge in [-0.2, -0.15) is 0 Å². The van der Waals surface area contributed by atoms with Crippen molar-refractivity contribution in [3.05, 3.63) is 63.9 Å². The molecule has 2 heterocycles. The van der Waals surface area contributed by atoms with Gasteiger partial charge in [-0.25, -0.2) is 13.6 Å². The predicted octanol–water partition coefficient (Wildman–Crippen LogP) is 2.42. The van der Waals surface area contributed by atoms with Crippen LogP contribution in [0, 0.1) is 11.6 Å². The maximum atomic E-state index is 14.9. The van der Waals surface area contributed by atoms with Crippen LogP contribution in [0.15, 0.2) is 41.2 Å². The molecule has 1 aliphatic rings. The van der Waals surface area contributed by atoms with Gasteiger partial charge in [-0.1, -0.05) is 0 Å². The summed E-state index contributed by atoms with van der Waals surface area (Å²) >= 11 is 0. The van der Waals surface area contributed by atoms with Gasteiger partial charge in [0.25, 0.3) is 0 Å². The molecule has 156 valence electrons. The van der Waals surface area contributed by atoms with E-state index in [0.29, 0.717) is 13.1 Å². The van der Waals surface area contributed by atoms with Crippen molar-refractivity contribution in [2.75, 3.05) is 38.1 Å². The van der Waals surface area contributed by atoms with Crippen LogP contribution in [0.3, 0.4) is 0 Å². The van der Waals surface area contributed by atoms with E-state index in [1.165, 1.54) is 18.2 Å². The van der Waals surface area contributed by atoms with Crippen LogP contribution < -0.4 is 10.3 Å². The van der Waals surface area contributed by atoms with Crippen LogP contribution in [0.25, 0.3) is 16.6 Å². The smallest absolute Gasteiger partial charge is 0.356 e. The summed E-state index contributed by atoms with van der Waals surface area (Å²) in [6, 6.07) is 7.33. The van der Waals surface area contributed by atoms with Gasteiger partial charge in [0.2, 0.25) is 5.43 Å². The van der Waals surface area contributed by atoms with Gasteiger partial charge < -0.3 is 24.6 Å². The Morgan fingerprint density at radius 2 is 1.67 bits per heavy atom. The molecule has 0 amide bonds. The van der Waals surface area contributed by atoms with E-state index >= 15 is 0 Å². The van der Waals surface area contributed by atoms with Gasteiger partial charge in [0.05, 0.1) is 16.6 Å². The third-order valence-electron chi connectivity index (χ3n) is 5.35. The van der Waals surface area contributed by atoms with Crippen LogP contribution in [-0.4, -0.2) is 58.9 Å². The number of nitrogens with zero attached hydrogens (tertiary/aromatic N) is 3. The second-order valence-electron chi connectivity index (χ2n) is 7.25. The molecule has 0 unspecified atom stereocenters. The Hall–Kier alpha value is -3.46. The topological polar surface area (TPSA) is 86.0 Å². The molecule has 0 atom stereocenters. The van der Waals surface area contributed by atoms with Gasteiger partial charge in [0.1, 0.15) is 11.6 Å². The number of aromatic nitrogens is 1. The van der Waals surface area contributed by atoms with Crippen LogP contribution in [0.2, 0.25) is 0 Å². The number of halogens is 2. The molecular formula is C21H19F2N3O4. The molecule has 4 rings (SSSR count). The Morgan fingerprint density at radius 3 is 2.27 bits per heavy atom. The monoisotopic (exact) mass is 415 g/mol. The molecule has 0 spiro atoms. The Morgan fingerprint density at radius 1 is 1.03 bits per heavy atom. The van der Waals surface area contributed by atoms with Crippen LogP contribution in [0.1, 0.15) is 10.5 Å². The summed E-state index contributed by atoms with van der Waals surface area (Å²) in [4.78, 5) is 28.4. The van der Waals surface area contributed by atoms with Crippen LogP contribution >= 0.6 is 0 Å². The number of hydrogen-bond acceptors (Lipinski definition) is 5. The molecule has 1 fully saturated rings. The van der Waals surface area contributed by atoms with Crippen molar-refractivity contribution in [2.24, 2.45) is 0 Å². The van der Waals surface area contributed by atoms with Crippen LogP contribution in [0.4, 0.5) is 14.5 Å². The molecule has 9 heteroatoms. The number of pyridine rings is 1. The summed E-state index contributed by atoms with van der Waals surface area (Å²) in [5.41, 5.74) is -1.10. The Labute approximate surface area is 170 Å². The number of benzene rings is 2. The second-order valence-corrected chi connectivity index (χ2v) is 7.25. The number of carbonyl (C=O) groups is 1. The van der Waals surface area contributed by atoms with Gasteiger partial charge in [-0.15, -0.1) is 0 Å². The number of rotatable bonds is 3. The van der Waals surface area contributed by atoms with Crippen molar-refractivity contribution in [3.8, 4) is 11.4 Å². The molecule has 7 nitrogen and oxygen atoms in total.